The second-order valence-electron chi connectivity index (χ2n) is 11.8. The zero-order valence-electron chi connectivity index (χ0n) is 26.4. The summed E-state index contributed by atoms with van der Waals surface area (Å²) >= 11 is 0. The number of ether oxygens (including phenoxy) is 1. The van der Waals surface area contributed by atoms with Crippen molar-refractivity contribution in [2.24, 2.45) is 0 Å². The summed E-state index contributed by atoms with van der Waals surface area (Å²) in [5, 5.41) is 13.6. The van der Waals surface area contributed by atoms with E-state index < -0.39 is 53.6 Å². The van der Waals surface area contributed by atoms with Gasteiger partial charge in [0.25, 0.3) is 5.91 Å². The van der Waals surface area contributed by atoms with Gasteiger partial charge in [0.05, 0.1) is 18.6 Å². The van der Waals surface area contributed by atoms with Crippen LogP contribution in [0.3, 0.4) is 0 Å². The maximum Gasteiger partial charge on any atom is 0.255 e. The van der Waals surface area contributed by atoms with Gasteiger partial charge in [-0.3, -0.25) is 24.0 Å². The highest BCUT2D eigenvalue weighted by atomic mass is 19.1. The van der Waals surface area contributed by atoms with Gasteiger partial charge in [0.15, 0.2) is 0 Å². The first-order valence-electron chi connectivity index (χ1n) is 15.5. The number of hydrogen-bond donors (Lipinski definition) is 5. The summed E-state index contributed by atoms with van der Waals surface area (Å²) < 4.78 is 19.1. The number of carbonyl (C=O) groups is 5. The topological polar surface area (TPSA) is 155 Å². The van der Waals surface area contributed by atoms with Crippen molar-refractivity contribution in [3.8, 4) is 5.75 Å². The van der Waals surface area contributed by atoms with Crippen LogP contribution in [0.15, 0.2) is 78.9 Å². The molecule has 5 N–H and O–H groups in total. The minimum Gasteiger partial charge on any atom is -0.493 e. The van der Waals surface area contributed by atoms with Gasteiger partial charge in [-0.05, 0) is 62.1 Å². The van der Waals surface area contributed by atoms with Gasteiger partial charge >= 0.3 is 0 Å². The molecule has 0 radical (unpaired) electrons. The van der Waals surface area contributed by atoms with Gasteiger partial charge in [0, 0.05) is 19.5 Å². The maximum absolute atomic E-state index is 13.4. The van der Waals surface area contributed by atoms with Gasteiger partial charge in [0.2, 0.25) is 23.6 Å². The Morgan fingerprint density at radius 3 is 2.36 bits per heavy atom. The van der Waals surface area contributed by atoms with Gasteiger partial charge in [-0.15, -0.1) is 0 Å². The fourth-order valence-electron chi connectivity index (χ4n) is 4.96. The first-order chi connectivity index (χ1) is 22.5. The number of hydrogen-bond acceptors (Lipinski definition) is 6. The maximum atomic E-state index is 13.4. The molecule has 11 nitrogen and oxygen atoms in total. The highest BCUT2D eigenvalue weighted by molar-refractivity contribution is 6.01. The molecule has 0 unspecified atom stereocenters. The third kappa shape index (κ3) is 10.4. The molecule has 0 saturated heterocycles. The summed E-state index contributed by atoms with van der Waals surface area (Å²) in [7, 11) is 0. The van der Waals surface area contributed by atoms with Crippen LogP contribution < -0.4 is 31.3 Å². The molecule has 1 aliphatic heterocycles. The molecule has 2 atom stereocenters. The largest absolute Gasteiger partial charge is 0.493 e. The third-order valence-electron chi connectivity index (χ3n) is 7.57. The highest BCUT2D eigenvalue weighted by Crippen LogP contribution is 2.19. The summed E-state index contributed by atoms with van der Waals surface area (Å²) in [6, 6.07) is 19.3. The summed E-state index contributed by atoms with van der Waals surface area (Å²) in [6.07, 6.45) is 0.537. The van der Waals surface area contributed by atoms with Crippen LogP contribution in [0.4, 0.5) is 4.39 Å². The van der Waals surface area contributed by atoms with Crippen LogP contribution in [-0.4, -0.2) is 66.9 Å². The van der Waals surface area contributed by atoms with E-state index in [0.717, 1.165) is 11.1 Å². The Morgan fingerprint density at radius 1 is 0.915 bits per heavy atom. The van der Waals surface area contributed by atoms with Crippen LogP contribution in [0.25, 0.3) is 0 Å². The van der Waals surface area contributed by atoms with E-state index in [1.807, 2.05) is 30.3 Å². The Bertz CT molecular complexity index is 1560. The van der Waals surface area contributed by atoms with Crippen molar-refractivity contribution in [3.63, 3.8) is 0 Å². The normalized spacial score (nSPS) is 19.3. The standard InChI is InChI=1S/C35H40FN5O6/c1-35(2)34(46)40-27(21-24-9-4-3-5-10-24)32(44)37-18-8-20-47-29-12-7-6-11-26(29)31(43)39-28(22-30(42)41-35)33(45)38-19-17-23-13-15-25(36)16-14-23/h3-7,9-16,27-28H,8,17-22H2,1-2H3,(H,37,44)(H,38,45)(H,39,43)(H,40,46)(H,41,42)/t27-,28-/m0/s1. The SMILES string of the molecule is CC1(C)NC(=O)C[C@@H](C(=O)NCCc2ccc(F)cc2)NC(=O)c2ccccc2OCCCNC(=O)[C@H](Cc2ccccc2)NC1=O. The number of fused-ring (bicyclic) bond motifs is 1. The summed E-state index contributed by atoms with van der Waals surface area (Å²) in [4.78, 5) is 66.7. The monoisotopic (exact) mass is 645 g/mol. The molecular formula is C35H40FN5O6. The van der Waals surface area contributed by atoms with E-state index in [1.54, 1.807) is 30.3 Å². The molecule has 0 aliphatic carbocycles. The lowest BCUT2D eigenvalue weighted by Crippen LogP contribution is -2.60. The second-order valence-corrected chi connectivity index (χ2v) is 11.8. The van der Waals surface area contributed by atoms with Gasteiger partial charge in [0.1, 0.15) is 29.2 Å². The van der Waals surface area contributed by atoms with Crippen molar-refractivity contribution < 1.29 is 33.1 Å². The summed E-state index contributed by atoms with van der Waals surface area (Å²) in [5.74, 6) is -3.05. The van der Waals surface area contributed by atoms with E-state index >= 15 is 0 Å². The van der Waals surface area contributed by atoms with E-state index in [-0.39, 0.29) is 43.2 Å². The Morgan fingerprint density at radius 2 is 1.62 bits per heavy atom. The van der Waals surface area contributed by atoms with E-state index in [9.17, 15) is 28.4 Å². The predicted octanol–water partition coefficient (Wildman–Crippen LogP) is 2.19. The average Bonchev–Trinajstić information content (AvgIpc) is 3.04. The van der Waals surface area contributed by atoms with Crippen LogP contribution in [-0.2, 0) is 32.0 Å². The van der Waals surface area contributed by atoms with E-state index in [1.165, 1.54) is 32.0 Å². The second kappa shape index (κ2) is 16.3. The van der Waals surface area contributed by atoms with Crippen molar-refractivity contribution in [2.45, 2.75) is 57.2 Å². The minimum absolute atomic E-state index is 0.157. The third-order valence-corrected chi connectivity index (χ3v) is 7.57. The highest BCUT2D eigenvalue weighted by Gasteiger charge is 2.35. The summed E-state index contributed by atoms with van der Waals surface area (Å²) in [6.45, 7) is 3.55. The first kappa shape index (κ1) is 34.6. The Hall–Kier alpha value is -5.26. The smallest absolute Gasteiger partial charge is 0.255 e. The molecule has 0 fully saturated rings. The van der Waals surface area contributed by atoms with Crippen LogP contribution in [0, 0.1) is 5.82 Å². The van der Waals surface area contributed by atoms with E-state index in [0.29, 0.717) is 12.8 Å². The van der Waals surface area contributed by atoms with Crippen molar-refractivity contribution in [3.05, 3.63) is 101 Å². The van der Waals surface area contributed by atoms with Crippen molar-refractivity contribution in [1.82, 2.24) is 26.6 Å². The van der Waals surface area contributed by atoms with E-state index in [4.69, 9.17) is 4.74 Å². The van der Waals surface area contributed by atoms with Crippen molar-refractivity contribution in [2.75, 3.05) is 19.7 Å². The fourth-order valence-corrected chi connectivity index (χ4v) is 4.96. The minimum atomic E-state index is -1.48. The van der Waals surface area contributed by atoms with Gasteiger partial charge < -0.3 is 31.3 Å². The molecule has 0 bridgehead atoms. The Labute approximate surface area is 273 Å². The molecule has 0 aromatic heterocycles. The van der Waals surface area contributed by atoms with Crippen LogP contribution in [0.1, 0.15) is 48.2 Å². The van der Waals surface area contributed by atoms with Crippen LogP contribution in [0.2, 0.25) is 0 Å². The van der Waals surface area contributed by atoms with Gasteiger partial charge in [-0.1, -0.05) is 54.6 Å². The quantitative estimate of drug-likeness (QED) is 0.277. The van der Waals surface area contributed by atoms with Gasteiger partial charge in [-0.2, -0.15) is 0 Å². The number of carbonyl (C=O) groups excluding carboxylic acids is 5. The molecule has 47 heavy (non-hydrogen) atoms. The molecule has 0 spiro atoms. The number of nitrogens with one attached hydrogen (secondary N) is 5. The number of amides is 5. The number of benzene rings is 3. The molecule has 3 aromatic rings. The molecule has 0 saturated carbocycles. The molecule has 1 aliphatic rings. The number of halogens is 1. The molecule has 12 heteroatoms. The van der Waals surface area contributed by atoms with E-state index in [2.05, 4.69) is 26.6 Å². The Balaban J connectivity index is 1.55. The average molecular weight is 646 g/mol. The molecule has 1 heterocycles. The van der Waals surface area contributed by atoms with Crippen molar-refractivity contribution in [1.29, 1.82) is 0 Å². The van der Waals surface area contributed by atoms with Gasteiger partial charge in [-0.25, -0.2) is 4.39 Å². The lowest BCUT2D eigenvalue weighted by Gasteiger charge is -2.29. The van der Waals surface area contributed by atoms with Crippen LogP contribution in [0.5, 0.6) is 5.75 Å². The fraction of sp³-hybridized carbons (Fsp3) is 0.343. The molecule has 248 valence electrons. The van der Waals surface area contributed by atoms with Crippen LogP contribution >= 0.6 is 0 Å². The predicted molar refractivity (Wildman–Crippen MR) is 173 cm³/mol. The first-order valence-corrected chi connectivity index (χ1v) is 15.5. The Kier molecular flexibility index (Phi) is 12.0. The molecular weight excluding hydrogens is 605 g/mol. The zero-order valence-corrected chi connectivity index (χ0v) is 26.4. The molecule has 3 aromatic carbocycles. The van der Waals surface area contributed by atoms with Crippen molar-refractivity contribution >= 4 is 29.5 Å². The zero-order chi connectivity index (χ0) is 33.8. The number of para-hydroxylation sites is 1. The lowest BCUT2D eigenvalue weighted by molar-refractivity contribution is -0.135. The number of rotatable bonds is 6. The molecule has 4 rings (SSSR count). The lowest BCUT2D eigenvalue weighted by atomic mass is 10.00. The molecule has 5 amide bonds. The summed E-state index contributed by atoms with van der Waals surface area (Å²) in [5.41, 5.74) is 0.299.